The molecule has 0 saturated carbocycles. The van der Waals surface area contributed by atoms with E-state index in [4.69, 9.17) is 9.47 Å². The number of hydrazine groups is 1. The molecule has 3 aromatic rings. The molecule has 150 valence electrons. The van der Waals surface area contributed by atoms with Crippen molar-refractivity contribution in [3.8, 4) is 17.2 Å². The van der Waals surface area contributed by atoms with Crippen LogP contribution in [0.1, 0.15) is 34.7 Å². The lowest BCUT2D eigenvalue weighted by Gasteiger charge is -2.10. The lowest BCUT2D eigenvalue weighted by molar-refractivity contribution is 0.0842. The van der Waals surface area contributed by atoms with Gasteiger partial charge in [-0.2, -0.15) is 5.10 Å². The van der Waals surface area contributed by atoms with E-state index in [0.29, 0.717) is 11.3 Å². The van der Waals surface area contributed by atoms with Crippen molar-refractivity contribution in [2.75, 3.05) is 7.11 Å². The normalized spacial score (nSPS) is 10.5. The van der Waals surface area contributed by atoms with Gasteiger partial charge in [0, 0.05) is 5.56 Å². The van der Waals surface area contributed by atoms with Crippen molar-refractivity contribution in [1.29, 1.82) is 0 Å². The summed E-state index contributed by atoms with van der Waals surface area (Å²) in [5, 5.41) is 4.25. The Hall–Kier alpha value is -3.81. The Labute approximate surface area is 168 Å². The summed E-state index contributed by atoms with van der Waals surface area (Å²) in [6.45, 7) is 3.84. The number of carbonyl (C=O) groups excluding carboxylic acids is 2. The third kappa shape index (κ3) is 4.92. The topological polar surface area (TPSA) is 94.5 Å². The van der Waals surface area contributed by atoms with Gasteiger partial charge < -0.3 is 9.47 Å². The number of hydrogen-bond acceptors (Lipinski definition) is 5. The number of ether oxygens (including phenoxy) is 2. The van der Waals surface area contributed by atoms with Gasteiger partial charge in [0.25, 0.3) is 11.8 Å². The van der Waals surface area contributed by atoms with E-state index in [2.05, 4.69) is 16.0 Å². The maximum Gasteiger partial charge on any atom is 0.294 e. The van der Waals surface area contributed by atoms with E-state index in [1.165, 1.54) is 11.8 Å². The minimum atomic E-state index is -0.593. The van der Waals surface area contributed by atoms with Crippen molar-refractivity contribution >= 4 is 11.8 Å². The third-order valence-electron chi connectivity index (χ3n) is 3.91. The van der Waals surface area contributed by atoms with Gasteiger partial charge in [-0.25, -0.2) is 4.68 Å². The summed E-state index contributed by atoms with van der Waals surface area (Å²) >= 11 is 0. The number of nitrogens with zero attached hydrogens (tertiary/aromatic N) is 2. The second-order valence-corrected chi connectivity index (χ2v) is 6.43. The second kappa shape index (κ2) is 8.92. The van der Waals surface area contributed by atoms with Crippen LogP contribution in [-0.2, 0) is 0 Å². The van der Waals surface area contributed by atoms with Gasteiger partial charge in [0.1, 0.15) is 5.75 Å². The zero-order valence-corrected chi connectivity index (χ0v) is 16.4. The molecular weight excluding hydrogens is 372 g/mol. The first-order valence-corrected chi connectivity index (χ1v) is 9.04. The van der Waals surface area contributed by atoms with Gasteiger partial charge in [-0.3, -0.25) is 20.4 Å². The molecule has 0 radical (unpaired) electrons. The van der Waals surface area contributed by atoms with Crippen LogP contribution in [0.5, 0.6) is 11.5 Å². The van der Waals surface area contributed by atoms with E-state index in [9.17, 15) is 9.59 Å². The van der Waals surface area contributed by atoms with E-state index in [-0.39, 0.29) is 17.5 Å². The minimum Gasteiger partial charge on any atom is -0.493 e. The fraction of sp³-hybridized carbons (Fsp3) is 0.190. The molecule has 2 N–H and O–H groups in total. The molecule has 8 heteroatoms. The van der Waals surface area contributed by atoms with Gasteiger partial charge in [0.2, 0.25) is 0 Å². The Morgan fingerprint density at radius 2 is 1.62 bits per heavy atom. The van der Waals surface area contributed by atoms with Gasteiger partial charge >= 0.3 is 0 Å². The standard InChI is InChI=1S/C21H22N4O4/c1-14(2)29-17-11-9-15(10-12-17)20(26)22-23-21(27)19-18(28-3)13-25(24-19)16-7-5-4-6-8-16/h4-14H,1-3H3,(H,22,26)(H,23,27). The smallest absolute Gasteiger partial charge is 0.294 e. The summed E-state index contributed by atoms with van der Waals surface area (Å²) in [5.74, 6) is -0.104. The largest absolute Gasteiger partial charge is 0.493 e. The van der Waals surface area contributed by atoms with Gasteiger partial charge in [-0.1, -0.05) is 18.2 Å². The fourth-order valence-electron chi connectivity index (χ4n) is 2.58. The van der Waals surface area contributed by atoms with Crippen LogP contribution < -0.4 is 20.3 Å². The van der Waals surface area contributed by atoms with Crippen molar-refractivity contribution in [3.05, 3.63) is 72.1 Å². The van der Waals surface area contributed by atoms with Crippen molar-refractivity contribution < 1.29 is 19.1 Å². The Bertz CT molecular complexity index is 982. The van der Waals surface area contributed by atoms with Gasteiger partial charge in [0.15, 0.2) is 11.4 Å². The molecule has 1 heterocycles. The van der Waals surface area contributed by atoms with Crippen LogP contribution in [0.3, 0.4) is 0 Å². The number of nitrogens with one attached hydrogen (secondary N) is 2. The Morgan fingerprint density at radius 1 is 0.966 bits per heavy atom. The summed E-state index contributed by atoms with van der Waals surface area (Å²) in [4.78, 5) is 24.8. The van der Waals surface area contributed by atoms with E-state index in [1.807, 2.05) is 44.2 Å². The number of benzene rings is 2. The quantitative estimate of drug-likeness (QED) is 0.627. The maximum absolute atomic E-state index is 12.5. The number of rotatable bonds is 6. The summed E-state index contributed by atoms with van der Waals surface area (Å²) in [6.07, 6.45) is 1.64. The van der Waals surface area contributed by atoms with Crippen LogP contribution in [0.4, 0.5) is 0 Å². The second-order valence-electron chi connectivity index (χ2n) is 6.43. The molecule has 0 spiro atoms. The summed E-state index contributed by atoms with van der Waals surface area (Å²) in [6, 6.07) is 15.9. The first kappa shape index (κ1) is 19.9. The van der Waals surface area contributed by atoms with Crippen LogP contribution >= 0.6 is 0 Å². The lowest BCUT2D eigenvalue weighted by atomic mass is 10.2. The number of carbonyl (C=O) groups is 2. The molecule has 2 amide bonds. The molecule has 2 aromatic carbocycles. The highest BCUT2D eigenvalue weighted by atomic mass is 16.5. The summed E-state index contributed by atoms with van der Waals surface area (Å²) < 4.78 is 12.3. The number of amides is 2. The number of para-hydroxylation sites is 1. The van der Waals surface area contributed by atoms with Crippen LogP contribution in [-0.4, -0.2) is 34.8 Å². The third-order valence-corrected chi connectivity index (χ3v) is 3.91. The van der Waals surface area contributed by atoms with Crippen molar-refractivity contribution in [2.24, 2.45) is 0 Å². The Balaban J connectivity index is 1.66. The molecule has 0 fully saturated rings. The first-order valence-electron chi connectivity index (χ1n) is 9.04. The van der Waals surface area contributed by atoms with Gasteiger partial charge in [-0.05, 0) is 50.2 Å². The van der Waals surface area contributed by atoms with E-state index in [1.54, 1.807) is 30.5 Å². The average molecular weight is 394 g/mol. The van der Waals surface area contributed by atoms with Crippen molar-refractivity contribution in [3.63, 3.8) is 0 Å². The molecule has 0 aliphatic heterocycles. The predicted molar refractivity (Wildman–Crippen MR) is 107 cm³/mol. The molecule has 8 nitrogen and oxygen atoms in total. The number of aromatic nitrogens is 2. The summed E-state index contributed by atoms with van der Waals surface area (Å²) in [5.41, 5.74) is 5.94. The predicted octanol–water partition coefficient (Wildman–Crippen LogP) is 2.74. The Kier molecular flexibility index (Phi) is 6.13. The van der Waals surface area contributed by atoms with E-state index in [0.717, 1.165) is 5.69 Å². The zero-order valence-electron chi connectivity index (χ0n) is 16.4. The zero-order chi connectivity index (χ0) is 20.8. The molecular formula is C21H22N4O4. The first-order chi connectivity index (χ1) is 14.0. The lowest BCUT2D eigenvalue weighted by Crippen LogP contribution is -2.41. The molecule has 0 aliphatic carbocycles. The average Bonchev–Trinajstić information content (AvgIpc) is 3.17. The molecule has 29 heavy (non-hydrogen) atoms. The molecule has 0 bridgehead atoms. The molecule has 3 rings (SSSR count). The van der Waals surface area contributed by atoms with Gasteiger partial charge in [0.05, 0.1) is 25.1 Å². The van der Waals surface area contributed by atoms with Crippen LogP contribution in [0.15, 0.2) is 60.8 Å². The van der Waals surface area contributed by atoms with Crippen molar-refractivity contribution in [2.45, 2.75) is 20.0 Å². The number of hydrogen-bond donors (Lipinski definition) is 2. The molecule has 0 aliphatic rings. The SMILES string of the molecule is COc1cn(-c2ccccc2)nc1C(=O)NNC(=O)c1ccc(OC(C)C)cc1. The summed E-state index contributed by atoms with van der Waals surface area (Å²) in [7, 11) is 1.45. The Morgan fingerprint density at radius 3 is 2.24 bits per heavy atom. The highest BCUT2D eigenvalue weighted by molar-refractivity contribution is 5.99. The maximum atomic E-state index is 12.5. The van der Waals surface area contributed by atoms with Crippen LogP contribution in [0.2, 0.25) is 0 Å². The van der Waals surface area contributed by atoms with Gasteiger partial charge in [-0.15, -0.1) is 0 Å². The van der Waals surface area contributed by atoms with Crippen molar-refractivity contribution in [1.82, 2.24) is 20.6 Å². The fourth-order valence-corrected chi connectivity index (χ4v) is 2.58. The molecule has 0 saturated heterocycles. The molecule has 0 atom stereocenters. The minimum absolute atomic E-state index is 0.0413. The van der Waals surface area contributed by atoms with Crippen LogP contribution in [0, 0.1) is 0 Å². The van der Waals surface area contributed by atoms with Crippen LogP contribution in [0.25, 0.3) is 5.69 Å². The highest BCUT2D eigenvalue weighted by Crippen LogP contribution is 2.19. The molecule has 1 aromatic heterocycles. The van der Waals surface area contributed by atoms with E-state index >= 15 is 0 Å². The highest BCUT2D eigenvalue weighted by Gasteiger charge is 2.19. The number of methoxy groups -OCH3 is 1. The molecule has 0 unspecified atom stereocenters. The van der Waals surface area contributed by atoms with E-state index < -0.39 is 11.8 Å². The monoisotopic (exact) mass is 394 g/mol.